The van der Waals surface area contributed by atoms with E-state index >= 15 is 0 Å². The largest absolute Gasteiger partial charge is 0.586 e. The lowest BCUT2D eigenvalue weighted by molar-refractivity contribution is -0.286. The SMILES string of the molecule is C[C@@H](C(=O)Nc1nc2cc3c(cc2s1)OC(F)(F)O3)N1CCC(F)(F)C(c2c[nH]c(=O)c(C(O)CO)c2)C1. The van der Waals surface area contributed by atoms with Gasteiger partial charge < -0.3 is 30.0 Å². The third-order valence-corrected chi connectivity index (χ3v) is 7.55. The number of amides is 1. The van der Waals surface area contributed by atoms with Crippen LogP contribution in [0, 0.1) is 0 Å². The maximum Gasteiger partial charge on any atom is 0.586 e. The number of carbonyl (C=O) groups excluding carboxylic acids is 1. The van der Waals surface area contributed by atoms with E-state index in [0.29, 0.717) is 10.2 Å². The number of H-pyrrole nitrogens is 1. The minimum Gasteiger partial charge on any atom is -0.395 e. The highest BCUT2D eigenvalue weighted by Gasteiger charge is 2.47. The molecule has 1 amide bonds. The first-order valence-electron chi connectivity index (χ1n) is 11.5. The van der Waals surface area contributed by atoms with Gasteiger partial charge in [0.15, 0.2) is 16.6 Å². The van der Waals surface area contributed by atoms with E-state index in [-0.39, 0.29) is 40.8 Å². The molecule has 5 rings (SSSR count). The Morgan fingerprint density at radius 1 is 1.29 bits per heavy atom. The number of thiazole rings is 1. The predicted molar refractivity (Wildman–Crippen MR) is 127 cm³/mol. The van der Waals surface area contributed by atoms with Gasteiger partial charge in [0.25, 0.3) is 11.5 Å². The Morgan fingerprint density at radius 2 is 2.00 bits per heavy atom. The van der Waals surface area contributed by atoms with E-state index in [9.17, 15) is 37.4 Å². The monoisotopic (exact) mass is 558 g/mol. The number of ether oxygens (including phenoxy) is 2. The van der Waals surface area contributed by atoms with Crippen LogP contribution in [0.25, 0.3) is 10.2 Å². The molecule has 2 aliphatic rings. The summed E-state index contributed by atoms with van der Waals surface area (Å²) in [6.07, 6.45) is -4.70. The number of fused-ring (bicyclic) bond motifs is 2. The average molecular weight is 559 g/mol. The number of anilines is 1. The van der Waals surface area contributed by atoms with E-state index in [4.69, 9.17) is 0 Å². The minimum atomic E-state index is -3.77. The van der Waals surface area contributed by atoms with Crippen LogP contribution in [-0.4, -0.2) is 68.9 Å². The Hall–Kier alpha value is -3.27. The Bertz CT molecular complexity index is 1400. The summed E-state index contributed by atoms with van der Waals surface area (Å²) >= 11 is 1.02. The summed E-state index contributed by atoms with van der Waals surface area (Å²) in [5.41, 5.74) is -0.574. The molecule has 10 nitrogen and oxygen atoms in total. The summed E-state index contributed by atoms with van der Waals surface area (Å²) in [5.74, 6) is -5.40. The Morgan fingerprint density at radius 3 is 2.71 bits per heavy atom. The van der Waals surface area contributed by atoms with Crippen molar-refractivity contribution < 1.29 is 42.0 Å². The molecular weight excluding hydrogens is 536 g/mol. The lowest BCUT2D eigenvalue weighted by atomic mass is 9.86. The zero-order valence-corrected chi connectivity index (χ0v) is 20.5. The van der Waals surface area contributed by atoms with Crippen molar-refractivity contribution in [2.24, 2.45) is 0 Å². The van der Waals surface area contributed by atoms with Crippen molar-refractivity contribution in [1.29, 1.82) is 0 Å². The molecule has 15 heteroatoms. The van der Waals surface area contributed by atoms with Gasteiger partial charge in [-0.25, -0.2) is 13.8 Å². The van der Waals surface area contributed by atoms with Gasteiger partial charge in [0.2, 0.25) is 5.91 Å². The fraction of sp³-hybridized carbons (Fsp3) is 0.435. The number of aliphatic hydroxyl groups excluding tert-OH is 2. The minimum absolute atomic E-state index is 0.0589. The van der Waals surface area contributed by atoms with Gasteiger partial charge in [-0.2, -0.15) is 0 Å². The van der Waals surface area contributed by atoms with Gasteiger partial charge in [-0.3, -0.25) is 14.5 Å². The molecule has 1 fully saturated rings. The van der Waals surface area contributed by atoms with Gasteiger partial charge >= 0.3 is 6.29 Å². The first kappa shape index (κ1) is 26.3. The number of carbonyl (C=O) groups is 1. The van der Waals surface area contributed by atoms with Crippen LogP contribution in [0.2, 0.25) is 0 Å². The number of hydrogen-bond acceptors (Lipinski definition) is 9. The number of pyridine rings is 1. The summed E-state index contributed by atoms with van der Waals surface area (Å²) in [5, 5.41) is 21.8. The number of nitrogens with one attached hydrogen (secondary N) is 2. The lowest BCUT2D eigenvalue weighted by Gasteiger charge is -2.40. The number of alkyl halides is 4. The van der Waals surface area contributed by atoms with Crippen LogP contribution in [0.5, 0.6) is 11.5 Å². The van der Waals surface area contributed by atoms with Gasteiger partial charge in [-0.15, -0.1) is 8.78 Å². The Balaban J connectivity index is 1.31. The number of aromatic nitrogens is 2. The maximum absolute atomic E-state index is 14.9. The summed E-state index contributed by atoms with van der Waals surface area (Å²) in [4.78, 5) is 33.1. The second kappa shape index (κ2) is 9.48. The predicted octanol–water partition coefficient (Wildman–Crippen LogP) is 2.78. The highest BCUT2D eigenvalue weighted by Crippen LogP contribution is 2.45. The second-order valence-corrected chi connectivity index (χ2v) is 10.1. The molecular formula is C23H22F4N4O6S. The van der Waals surface area contributed by atoms with Crippen LogP contribution < -0.4 is 20.3 Å². The third kappa shape index (κ3) is 4.93. The molecule has 0 spiro atoms. The molecule has 2 unspecified atom stereocenters. The molecule has 4 N–H and O–H groups in total. The second-order valence-electron chi connectivity index (χ2n) is 9.09. The van der Waals surface area contributed by atoms with Gasteiger partial charge in [0.05, 0.1) is 28.8 Å². The molecule has 2 aliphatic heterocycles. The third-order valence-electron chi connectivity index (χ3n) is 6.62. The van der Waals surface area contributed by atoms with Crippen molar-refractivity contribution in [2.45, 2.75) is 43.6 Å². The molecule has 0 bridgehead atoms. The van der Waals surface area contributed by atoms with E-state index in [0.717, 1.165) is 23.6 Å². The lowest BCUT2D eigenvalue weighted by Crippen LogP contribution is -2.52. The first-order chi connectivity index (χ1) is 17.9. The van der Waals surface area contributed by atoms with E-state index in [1.807, 2.05) is 0 Å². The molecule has 4 heterocycles. The summed E-state index contributed by atoms with van der Waals surface area (Å²) in [6.45, 7) is 0.494. The van der Waals surface area contributed by atoms with E-state index < -0.39 is 54.8 Å². The Labute approximate surface area is 215 Å². The number of nitrogens with zero attached hydrogens (tertiary/aromatic N) is 2. The summed E-state index contributed by atoms with van der Waals surface area (Å²) in [7, 11) is 0. The van der Waals surface area contributed by atoms with Crippen molar-refractivity contribution in [3.8, 4) is 11.5 Å². The van der Waals surface area contributed by atoms with Gasteiger partial charge in [0, 0.05) is 43.4 Å². The fourth-order valence-corrected chi connectivity index (χ4v) is 5.37. The molecule has 38 heavy (non-hydrogen) atoms. The number of benzene rings is 1. The zero-order chi connectivity index (χ0) is 27.4. The summed E-state index contributed by atoms with van der Waals surface area (Å²) < 4.78 is 65.7. The molecule has 0 radical (unpaired) electrons. The summed E-state index contributed by atoms with van der Waals surface area (Å²) in [6, 6.07) is 2.89. The molecule has 0 aliphatic carbocycles. The van der Waals surface area contributed by atoms with Crippen molar-refractivity contribution in [2.75, 3.05) is 25.0 Å². The number of piperidine rings is 1. The molecule has 0 saturated carbocycles. The number of rotatable bonds is 6. The number of hydrogen-bond donors (Lipinski definition) is 4. The van der Waals surface area contributed by atoms with Crippen molar-refractivity contribution in [3.05, 3.63) is 45.9 Å². The highest BCUT2D eigenvalue weighted by molar-refractivity contribution is 7.22. The molecule has 204 valence electrons. The molecule has 1 aromatic carbocycles. The number of aliphatic hydroxyl groups is 2. The molecule has 3 aromatic rings. The van der Waals surface area contributed by atoms with Crippen LogP contribution in [0.4, 0.5) is 22.7 Å². The normalized spacial score (nSPS) is 21.8. The number of likely N-dealkylation sites (tertiary alicyclic amines) is 1. The molecule has 2 aromatic heterocycles. The average Bonchev–Trinajstić information content (AvgIpc) is 3.38. The van der Waals surface area contributed by atoms with Crippen LogP contribution in [0.3, 0.4) is 0 Å². The van der Waals surface area contributed by atoms with Crippen molar-refractivity contribution in [3.63, 3.8) is 0 Å². The van der Waals surface area contributed by atoms with E-state index in [1.165, 1.54) is 12.1 Å². The Kier molecular flexibility index (Phi) is 6.57. The van der Waals surface area contributed by atoms with Gasteiger partial charge in [-0.1, -0.05) is 11.3 Å². The van der Waals surface area contributed by atoms with Crippen molar-refractivity contribution >= 4 is 32.6 Å². The van der Waals surface area contributed by atoms with Crippen LogP contribution in [0.15, 0.2) is 29.2 Å². The smallest absolute Gasteiger partial charge is 0.395 e. The van der Waals surface area contributed by atoms with E-state index in [1.54, 1.807) is 11.8 Å². The van der Waals surface area contributed by atoms with E-state index in [2.05, 4.69) is 24.8 Å². The standard InChI is InChI=1S/C23H22F4N4O6S/c1-10(19(34)30-21-29-14-5-16-17(6-18(14)38-21)37-23(26,27)36-16)31-3-2-22(24,25)13(8-31)11-4-12(15(33)9-32)20(35)28-7-11/h4-7,10,13,15,32-33H,2-3,8-9H2,1H3,(H,28,35)(H,29,30,34)/t10-,13?,15?/m0/s1. The fourth-order valence-electron chi connectivity index (χ4n) is 4.49. The maximum atomic E-state index is 14.9. The topological polar surface area (TPSA) is 137 Å². The zero-order valence-electron chi connectivity index (χ0n) is 19.7. The molecule has 3 atom stereocenters. The van der Waals surface area contributed by atoms with Crippen LogP contribution >= 0.6 is 11.3 Å². The number of aromatic amines is 1. The highest BCUT2D eigenvalue weighted by atomic mass is 32.1. The van der Waals surface area contributed by atoms with Crippen LogP contribution in [0.1, 0.15) is 36.5 Å². The molecule has 1 saturated heterocycles. The number of halogens is 4. The van der Waals surface area contributed by atoms with Crippen LogP contribution in [-0.2, 0) is 4.79 Å². The first-order valence-corrected chi connectivity index (χ1v) is 12.3. The van der Waals surface area contributed by atoms with Gasteiger partial charge in [-0.05, 0) is 18.6 Å². The van der Waals surface area contributed by atoms with Crippen molar-refractivity contribution in [1.82, 2.24) is 14.9 Å². The quantitative estimate of drug-likeness (QED) is 0.339. The van der Waals surface area contributed by atoms with Gasteiger partial charge in [0.1, 0.15) is 6.10 Å².